The molecule has 2 heterocycles. The van der Waals surface area contributed by atoms with E-state index in [1.54, 1.807) is 6.26 Å². The number of piperidine rings is 1. The largest absolute Gasteiger partial charge is 0.462 e. The van der Waals surface area contributed by atoms with Crippen LogP contribution in [0, 0.1) is 0 Å². The number of hydrogen-bond donors (Lipinski definition) is 0. The second kappa shape index (κ2) is 5.67. The van der Waals surface area contributed by atoms with Crippen LogP contribution in [-0.4, -0.2) is 35.5 Å². The van der Waals surface area contributed by atoms with E-state index in [1.807, 2.05) is 36.1 Å². The molecule has 1 aromatic rings. The van der Waals surface area contributed by atoms with Crippen LogP contribution in [0.4, 0.5) is 0 Å². The lowest BCUT2D eigenvalue weighted by atomic mass is 10.1. The topological polar surface area (TPSA) is 32.8 Å². The van der Waals surface area contributed by atoms with Gasteiger partial charge >= 0.3 is 0 Å². The monoisotopic (exact) mass is 272 g/mol. The van der Waals surface area contributed by atoms with Crippen LogP contribution in [0.15, 0.2) is 36.2 Å². The highest BCUT2D eigenvalue weighted by atomic mass is 16.5. The molecule has 0 atom stereocenters. The first-order valence-corrected chi connectivity index (χ1v) is 7.22. The molecule has 3 rings (SSSR count). The molecule has 106 valence electrons. The molecule has 2 aliphatic rings. The molecule has 0 saturated carbocycles. The highest BCUT2D eigenvalue weighted by Crippen LogP contribution is 2.26. The number of nitrogens with zero attached hydrogens (tertiary/aromatic N) is 2. The first-order valence-electron chi connectivity index (χ1n) is 7.22. The zero-order valence-corrected chi connectivity index (χ0v) is 11.8. The van der Waals surface area contributed by atoms with Crippen LogP contribution in [-0.2, 0) is 0 Å². The molecule has 1 aromatic carbocycles. The third kappa shape index (κ3) is 2.56. The van der Waals surface area contributed by atoms with Gasteiger partial charge in [-0.1, -0.05) is 18.6 Å². The number of likely N-dealkylation sites (tertiary alicyclic amines) is 1. The van der Waals surface area contributed by atoms with Gasteiger partial charge in [0, 0.05) is 0 Å². The maximum atomic E-state index is 12.7. The third-order valence-electron chi connectivity index (χ3n) is 3.93. The summed E-state index contributed by atoms with van der Waals surface area (Å²) in [5, 5.41) is 0. The lowest BCUT2D eigenvalue weighted by Crippen LogP contribution is -2.42. The summed E-state index contributed by atoms with van der Waals surface area (Å²) in [6.45, 7) is 4.71. The van der Waals surface area contributed by atoms with Crippen molar-refractivity contribution in [3.05, 3.63) is 41.8 Å². The van der Waals surface area contributed by atoms with Crippen molar-refractivity contribution < 1.29 is 9.53 Å². The Kier molecular flexibility index (Phi) is 3.74. The highest BCUT2D eigenvalue weighted by molar-refractivity contribution is 5.98. The lowest BCUT2D eigenvalue weighted by Gasteiger charge is -2.32. The SMILES string of the molecule is CC1=COc2ccccc2C(=O)N1CN1CCCCC1. The maximum Gasteiger partial charge on any atom is 0.262 e. The summed E-state index contributed by atoms with van der Waals surface area (Å²) in [6, 6.07) is 7.42. The number of fused-ring (bicyclic) bond motifs is 1. The molecular formula is C16H20N2O2. The Hall–Kier alpha value is -1.81. The van der Waals surface area contributed by atoms with Crippen molar-refractivity contribution in [2.75, 3.05) is 19.8 Å². The van der Waals surface area contributed by atoms with Crippen molar-refractivity contribution in [1.29, 1.82) is 0 Å². The zero-order valence-electron chi connectivity index (χ0n) is 11.8. The number of carbonyl (C=O) groups is 1. The van der Waals surface area contributed by atoms with Gasteiger partial charge in [0.1, 0.15) is 12.0 Å². The van der Waals surface area contributed by atoms with Crippen molar-refractivity contribution in [3.8, 4) is 5.75 Å². The van der Waals surface area contributed by atoms with E-state index in [0.717, 1.165) is 18.8 Å². The van der Waals surface area contributed by atoms with E-state index in [4.69, 9.17) is 4.74 Å². The first-order chi connectivity index (χ1) is 9.75. The Labute approximate surface area is 119 Å². The number of allylic oxidation sites excluding steroid dienone is 1. The van der Waals surface area contributed by atoms with Crippen molar-refractivity contribution in [1.82, 2.24) is 9.80 Å². The van der Waals surface area contributed by atoms with Crippen molar-refractivity contribution in [2.24, 2.45) is 0 Å². The van der Waals surface area contributed by atoms with Crippen LogP contribution in [0.3, 0.4) is 0 Å². The maximum absolute atomic E-state index is 12.7. The first kappa shape index (κ1) is 13.2. The standard InChI is InChI=1S/C16H20N2O2/c1-13-11-20-15-8-4-3-7-14(15)16(19)18(13)12-17-9-5-2-6-10-17/h3-4,7-8,11H,2,5-6,9-10,12H2,1H3. The van der Waals surface area contributed by atoms with Gasteiger partial charge in [0.2, 0.25) is 0 Å². The third-order valence-corrected chi connectivity index (χ3v) is 3.93. The minimum atomic E-state index is 0.0254. The van der Waals surface area contributed by atoms with Crippen LogP contribution in [0.25, 0.3) is 0 Å². The molecule has 1 fully saturated rings. The minimum Gasteiger partial charge on any atom is -0.462 e. The normalized spacial score (nSPS) is 19.9. The van der Waals surface area contributed by atoms with Gasteiger partial charge in [0.15, 0.2) is 0 Å². The molecule has 0 spiro atoms. The Morgan fingerprint density at radius 3 is 2.70 bits per heavy atom. The Bertz CT molecular complexity index is 533. The molecule has 0 bridgehead atoms. The summed E-state index contributed by atoms with van der Waals surface area (Å²) in [7, 11) is 0. The molecule has 1 amide bonds. The van der Waals surface area contributed by atoms with E-state index in [0.29, 0.717) is 18.0 Å². The van der Waals surface area contributed by atoms with E-state index in [9.17, 15) is 4.79 Å². The van der Waals surface area contributed by atoms with Crippen molar-refractivity contribution in [3.63, 3.8) is 0 Å². The summed E-state index contributed by atoms with van der Waals surface area (Å²) >= 11 is 0. The van der Waals surface area contributed by atoms with Crippen LogP contribution in [0.5, 0.6) is 5.75 Å². The molecular weight excluding hydrogens is 252 g/mol. The van der Waals surface area contributed by atoms with Crippen LogP contribution >= 0.6 is 0 Å². The van der Waals surface area contributed by atoms with E-state index in [1.165, 1.54) is 19.3 Å². The van der Waals surface area contributed by atoms with E-state index in [-0.39, 0.29) is 5.91 Å². The fourth-order valence-corrected chi connectivity index (χ4v) is 2.74. The molecule has 4 heteroatoms. The van der Waals surface area contributed by atoms with E-state index < -0.39 is 0 Å². The number of hydrogen-bond acceptors (Lipinski definition) is 3. The molecule has 0 N–H and O–H groups in total. The molecule has 20 heavy (non-hydrogen) atoms. The fraction of sp³-hybridized carbons (Fsp3) is 0.438. The van der Waals surface area contributed by atoms with Crippen molar-refractivity contribution in [2.45, 2.75) is 26.2 Å². The predicted molar refractivity (Wildman–Crippen MR) is 77.3 cm³/mol. The van der Waals surface area contributed by atoms with Gasteiger partial charge in [0.25, 0.3) is 5.91 Å². The van der Waals surface area contributed by atoms with Gasteiger partial charge in [-0.15, -0.1) is 0 Å². The predicted octanol–water partition coefficient (Wildman–Crippen LogP) is 2.83. The second-order valence-corrected chi connectivity index (χ2v) is 5.43. The second-order valence-electron chi connectivity index (χ2n) is 5.43. The average molecular weight is 272 g/mol. The summed E-state index contributed by atoms with van der Waals surface area (Å²) in [5.74, 6) is 0.662. The van der Waals surface area contributed by atoms with Crippen LogP contribution in [0.2, 0.25) is 0 Å². The number of amides is 1. The van der Waals surface area contributed by atoms with E-state index >= 15 is 0 Å². The number of rotatable bonds is 2. The van der Waals surface area contributed by atoms with Gasteiger partial charge in [-0.3, -0.25) is 14.6 Å². The molecule has 2 aliphatic heterocycles. The zero-order chi connectivity index (χ0) is 13.9. The molecule has 4 nitrogen and oxygen atoms in total. The van der Waals surface area contributed by atoms with Gasteiger partial charge < -0.3 is 4.74 Å². The lowest BCUT2D eigenvalue weighted by molar-refractivity contribution is 0.0679. The van der Waals surface area contributed by atoms with Gasteiger partial charge in [-0.25, -0.2) is 0 Å². The Balaban J connectivity index is 1.84. The number of ether oxygens (including phenoxy) is 1. The summed E-state index contributed by atoms with van der Waals surface area (Å²) in [4.78, 5) is 16.9. The van der Waals surface area contributed by atoms with Crippen molar-refractivity contribution >= 4 is 5.91 Å². The average Bonchev–Trinajstić information content (AvgIpc) is 2.61. The molecule has 0 radical (unpaired) electrons. The Morgan fingerprint density at radius 1 is 1.15 bits per heavy atom. The number of carbonyl (C=O) groups excluding carboxylic acids is 1. The summed E-state index contributed by atoms with van der Waals surface area (Å²) < 4.78 is 5.61. The fourth-order valence-electron chi connectivity index (χ4n) is 2.74. The molecule has 0 unspecified atom stereocenters. The van der Waals surface area contributed by atoms with Crippen LogP contribution < -0.4 is 4.74 Å². The van der Waals surface area contributed by atoms with Gasteiger partial charge in [0.05, 0.1) is 17.9 Å². The molecule has 1 saturated heterocycles. The number of para-hydroxylation sites is 1. The number of benzene rings is 1. The van der Waals surface area contributed by atoms with Gasteiger partial charge in [-0.05, 0) is 45.0 Å². The highest BCUT2D eigenvalue weighted by Gasteiger charge is 2.26. The molecule has 0 aliphatic carbocycles. The smallest absolute Gasteiger partial charge is 0.262 e. The molecule has 0 aromatic heterocycles. The summed E-state index contributed by atoms with van der Waals surface area (Å²) in [5.41, 5.74) is 1.49. The quantitative estimate of drug-likeness (QED) is 0.830. The summed E-state index contributed by atoms with van der Waals surface area (Å²) in [6.07, 6.45) is 5.41. The van der Waals surface area contributed by atoms with Gasteiger partial charge in [-0.2, -0.15) is 0 Å². The van der Waals surface area contributed by atoms with E-state index in [2.05, 4.69) is 4.90 Å². The minimum absolute atomic E-state index is 0.0254. The Morgan fingerprint density at radius 2 is 1.90 bits per heavy atom. The van der Waals surface area contributed by atoms with Crippen LogP contribution in [0.1, 0.15) is 36.5 Å².